The highest BCUT2D eigenvalue weighted by Gasteiger charge is 2.31. The Labute approximate surface area is 114 Å². The first-order valence-electron chi connectivity index (χ1n) is 6.09. The van der Waals surface area contributed by atoms with Crippen LogP contribution in [0.3, 0.4) is 0 Å². The number of halogens is 3. The van der Waals surface area contributed by atoms with Gasteiger partial charge in [0, 0.05) is 24.1 Å². The zero-order valence-electron chi connectivity index (χ0n) is 10.2. The average Bonchev–Trinajstić information content (AvgIpc) is 2.87. The van der Waals surface area contributed by atoms with Crippen LogP contribution in [0.15, 0.2) is 16.6 Å². The smallest absolute Gasteiger partial charge is 0.145 e. The fraction of sp³-hybridized carbons (Fsp3) is 0.538. The predicted octanol–water partition coefficient (Wildman–Crippen LogP) is 3.41. The Bertz CT molecular complexity index is 422. The Hall–Kier alpha value is -0.520. The summed E-state index contributed by atoms with van der Waals surface area (Å²) in [7, 11) is 0. The van der Waals surface area contributed by atoms with Crippen molar-refractivity contribution in [3.8, 4) is 0 Å². The number of nitrogens with one attached hydrogen (secondary N) is 1. The van der Waals surface area contributed by atoms with Gasteiger partial charge in [-0.1, -0.05) is 6.92 Å². The molecule has 100 valence electrons. The van der Waals surface area contributed by atoms with Crippen molar-refractivity contribution in [3.05, 3.63) is 33.8 Å². The Kier molecular flexibility index (Phi) is 4.70. The lowest BCUT2D eigenvalue weighted by molar-refractivity contribution is 0.176. The summed E-state index contributed by atoms with van der Waals surface area (Å²) in [5.41, 5.74) is 0.113. The third-order valence-electron chi connectivity index (χ3n) is 3.25. The minimum Gasteiger partial charge on any atom is -0.381 e. The maximum Gasteiger partial charge on any atom is 0.145 e. The molecule has 2 nitrogen and oxygen atoms in total. The van der Waals surface area contributed by atoms with E-state index >= 15 is 0 Å². The lowest BCUT2D eigenvalue weighted by atomic mass is 9.91. The molecule has 1 aromatic carbocycles. The lowest BCUT2D eigenvalue weighted by Crippen LogP contribution is -2.30. The van der Waals surface area contributed by atoms with Gasteiger partial charge < -0.3 is 10.1 Å². The maximum absolute atomic E-state index is 14.1. The summed E-state index contributed by atoms with van der Waals surface area (Å²) >= 11 is 3.11. The van der Waals surface area contributed by atoms with E-state index in [1.165, 1.54) is 12.1 Å². The van der Waals surface area contributed by atoms with Crippen molar-refractivity contribution in [2.24, 2.45) is 5.92 Å². The van der Waals surface area contributed by atoms with E-state index in [-0.39, 0.29) is 17.5 Å². The third-order valence-corrected chi connectivity index (χ3v) is 3.86. The molecule has 2 unspecified atom stereocenters. The molecule has 1 aromatic rings. The number of benzene rings is 1. The first-order valence-corrected chi connectivity index (χ1v) is 6.89. The summed E-state index contributed by atoms with van der Waals surface area (Å²) in [5.74, 6) is -0.912. The third kappa shape index (κ3) is 2.73. The van der Waals surface area contributed by atoms with E-state index in [1.54, 1.807) is 0 Å². The van der Waals surface area contributed by atoms with Crippen LogP contribution in [0.2, 0.25) is 0 Å². The zero-order chi connectivity index (χ0) is 13.1. The molecule has 0 bridgehead atoms. The highest BCUT2D eigenvalue weighted by molar-refractivity contribution is 9.10. The van der Waals surface area contributed by atoms with Crippen LogP contribution in [0, 0.1) is 17.6 Å². The van der Waals surface area contributed by atoms with E-state index in [2.05, 4.69) is 21.2 Å². The number of ether oxygens (including phenoxy) is 1. The second-order valence-corrected chi connectivity index (χ2v) is 5.27. The lowest BCUT2D eigenvalue weighted by Gasteiger charge is -2.25. The first kappa shape index (κ1) is 13.9. The van der Waals surface area contributed by atoms with Gasteiger partial charge in [-0.3, -0.25) is 0 Å². The van der Waals surface area contributed by atoms with Crippen LogP contribution in [0.1, 0.15) is 24.9 Å². The molecule has 1 saturated heterocycles. The van der Waals surface area contributed by atoms with E-state index in [0.717, 1.165) is 6.42 Å². The fourth-order valence-corrected chi connectivity index (χ4v) is 2.71. The molecule has 1 aliphatic heterocycles. The van der Waals surface area contributed by atoms with Crippen LogP contribution in [0.4, 0.5) is 8.78 Å². The molecule has 0 spiro atoms. The summed E-state index contributed by atoms with van der Waals surface area (Å²) in [6, 6.07) is 2.35. The molecule has 18 heavy (non-hydrogen) atoms. The Morgan fingerprint density at radius 2 is 2.28 bits per heavy atom. The SMILES string of the molecule is CCNC(c1c(F)ccc(Br)c1F)C1CCOC1. The van der Waals surface area contributed by atoms with E-state index in [4.69, 9.17) is 4.74 Å². The van der Waals surface area contributed by atoms with Crippen molar-refractivity contribution < 1.29 is 13.5 Å². The van der Waals surface area contributed by atoms with Crippen LogP contribution in [-0.4, -0.2) is 19.8 Å². The maximum atomic E-state index is 14.1. The van der Waals surface area contributed by atoms with Crippen LogP contribution in [-0.2, 0) is 4.74 Å². The topological polar surface area (TPSA) is 21.3 Å². The van der Waals surface area contributed by atoms with Crippen LogP contribution in [0.25, 0.3) is 0 Å². The molecule has 0 aromatic heterocycles. The van der Waals surface area contributed by atoms with Gasteiger partial charge in [-0.05, 0) is 41.0 Å². The van der Waals surface area contributed by atoms with Gasteiger partial charge in [-0.25, -0.2) is 8.78 Å². The van der Waals surface area contributed by atoms with Gasteiger partial charge in [-0.2, -0.15) is 0 Å². The molecule has 0 amide bonds. The summed E-state index contributed by atoms with van der Waals surface area (Å²) in [4.78, 5) is 0. The predicted molar refractivity (Wildman–Crippen MR) is 69.4 cm³/mol. The molecule has 0 saturated carbocycles. The van der Waals surface area contributed by atoms with Gasteiger partial charge >= 0.3 is 0 Å². The molecule has 0 radical (unpaired) electrons. The van der Waals surface area contributed by atoms with E-state index in [9.17, 15) is 8.78 Å². The molecule has 1 heterocycles. The minimum atomic E-state index is -0.521. The molecule has 5 heteroatoms. The quantitative estimate of drug-likeness (QED) is 0.859. The highest BCUT2D eigenvalue weighted by atomic mass is 79.9. The first-order chi connectivity index (χ1) is 8.65. The molecule has 0 aliphatic carbocycles. The number of rotatable bonds is 4. The van der Waals surface area contributed by atoms with Crippen molar-refractivity contribution in [3.63, 3.8) is 0 Å². The molecule has 1 fully saturated rings. The van der Waals surface area contributed by atoms with Gasteiger partial charge in [0.05, 0.1) is 11.1 Å². The number of hydrogen-bond acceptors (Lipinski definition) is 2. The summed E-state index contributed by atoms with van der Waals surface area (Å²) in [6.07, 6.45) is 0.822. The molecular weight excluding hydrogens is 304 g/mol. The summed E-state index contributed by atoms with van der Waals surface area (Å²) in [5, 5.41) is 3.17. The van der Waals surface area contributed by atoms with Crippen molar-refractivity contribution in [1.82, 2.24) is 5.32 Å². The highest BCUT2D eigenvalue weighted by Crippen LogP contribution is 2.34. The van der Waals surface area contributed by atoms with Crippen LogP contribution in [0.5, 0.6) is 0 Å². The van der Waals surface area contributed by atoms with E-state index in [1.807, 2.05) is 6.92 Å². The Morgan fingerprint density at radius 3 is 2.89 bits per heavy atom. The molecule has 2 rings (SSSR count). The van der Waals surface area contributed by atoms with Gasteiger partial charge in [-0.15, -0.1) is 0 Å². The van der Waals surface area contributed by atoms with Gasteiger partial charge in [0.15, 0.2) is 0 Å². The van der Waals surface area contributed by atoms with E-state index < -0.39 is 11.6 Å². The second kappa shape index (κ2) is 6.08. The average molecular weight is 320 g/mol. The molecule has 1 aliphatic rings. The number of hydrogen-bond donors (Lipinski definition) is 1. The van der Waals surface area contributed by atoms with Gasteiger partial charge in [0.1, 0.15) is 11.6 Å². The Morgan fingerprint density at radius 1 is 1.50 bits per heavy atom. The van der Waals surface area contributed by atoms with Gasteiger partial charge in [0.2, 0.25) is 0 Å². The van der Waals surface area contributed by atoms with Crippen molar-refractivity contribution in [1.29, 1.82) is 0 Å². The van der Waals surface area contributed by atoms with Crippen LogP contribution < -0.4 is 5.32 Å². The normalized spacial score (nSPS) is 21.2. The second-order valence-electron chi connectivity index (χ2n) is 4.42. The molecule has 1 N–H and O–H groups in total. The Balaban J connectivity index is 2.38. The largest absolute Gasteiger partial charge is 0.381 e. The molecular formula is C13H16BrF2NO. The monoisotopic (exact) mass is 319 g/mol. The summed E-state index contributed by atoms with van der Waals surface area (Å²) in [6.45, 7) is 3.79. The zero-order valence-corrected chi connectivity index (χ0v) is 11.8. The van der Waals surface area contributed by atoms with Crippen LogP contribution >= 0.6 is 15.9 Å². The van der Waals surface area contributed by atoms with Crippen molar-refractivity contribution in [2.75, 3.05) is 19.8 Å². The molecule has 2 atom stereocenters. The van der Waals surface area contributed by atoms with Gasteiger partial charge in [0.25, 0.3) is 0 Å². The van der Waals surface area contributed by atoms with Crippen molar-refractivity contribution >= 4 is 15.9 Å². The van der Waals surface area contributed by atoms with E-state index in [0.29, 0.717) is 24.2 Å². The fourth-order valence-electron chi connectivity index (χ4n) is 2.37. The minimum absolute atomic E-state index is 0.113. The standard InChI is InChI=1S/C13H16BrF2NO/c1-2-17-13(8-5-6-18-7-8)11-10(15)4-3-9(14)12(11)16/h3-4,8,13,17H,2,5-7H2,1H3. The summed E-state index contributed by atoms with van der Waals surface area (Å²) < 4.78 is 33.6. The van der Waals surface area contributed by atoms with Crippen molar-refractivity contribution in [2.45, 2.75) is 19.4 Å².